The maximum Gasteiger partial charge on any atom is -0.0129 e. The molecule has 0 fully saturated rings. The fourth-order valence-electron chi connectivity index (χ4n) is 2.13. The first-order chi connectivity index (χ1) is 7.81. The van der Waals surface area contributed by atoms with Gasteiger partial charge in [0.25, 0.3) is 0 Å². The lowest BCUT2D eigenvalue weighted by Crippen LogP contribution is -2.15. The number of rotatable bonds is 3. The smallest absolute Gasteiger partial charge is 0.0129 e. The SMILES string of the molecule is C=Cc1cc(C(C)C)c(C(C)(C)C)cc1C=C. The van der Waals surface area contributed by atoms with E-state index in [1.165, 1.54) is 22.3 Å². The first-order valence-corrected chi connectivity index (χ1v) is 6.24. The van der Waals surface area contributed by atoms with E-state index in [1.807, 2.05) is 12.2 Å². The van der Waals surface area contributed by atoms with Gasteiger partial charge in [-0.2, -0.15) is 0 Å². The first-order valence-electron chi connectivity index (χ1n) is 6.24. The van der Waals surface area contributed by atoms with Crippen LogP contribution in [0.25, 0.3) is 12.2 Å². The first kappa shape index (κ1) is 13.8. The van der Waals surface area contributed by atoms with Crippen LogP contribution in [0.15, 0.2) is 25.3 Å². The number of hydrogen-bond donors (Lipinski definition) is 0. The molecule has 0 aromatic heterocycles. The summed E-state index contributed by atoms with van der Waals surface area (Å²) in [5, 5.41) is 0. The van der Waals surface area contributed by atoms with Crippen LogP contribution in [-0.4, -0.2) is 0 Å². The van der Waals surface area contributed by atoms with Gasteiger partial charge in [-0.15, -0.1) is 0 Å². The van der Waals surface area contributed by atoms with Crippen LogP contribution < -0.4 is 0 Å². The Kier molecular flexibility index (Phi) is 3.98. The lowest BCUT2D eigenvalue weighted by molar-refractivity contribution is 0.577. The van der Waals surface area contributed by atoms with Crippen LogP contribution in [0.3, 0.4) is 0 Å². The predicted molar refractivity (Wildman–Crippen MR) is 79.4 cm³/mol. The standard InChI is InChI=1S/C17H24/c1-8-13-10-15(12(3)4)16(17(5,6)7)11-14(13)9-2/h8-12H,1-2H2,3-7H3. The molecule has 17 heavy (non-hydrogen) atoms. The molecule has 92 valence electrons. The molecular weight excluding hydrogens is 204 g/mol. The Morgan fingerprint density at radius 2 is 1.47 bits per heavy atom. The Balaban J connectivity index is 3.57. The minimum atomic E-state index is 0.164. The molecule has 0 spiro atoms. The van der Waals surface area contributed by atoms with Crippen LogP contribution in [0.1, 0.15) is 62.8 Å². The van der Waals surface area contributed by atoms with E-state index in [-0.39, 0.29) is 5.41 Å². The van der Waals surface area contributed by atoms with Crippen LogP contribution >= 0.6 is 0 Å². The molecule has 0 saturated carbocycles. The second-order valence-corrected chi connectivity index (χ2v) is 5.88. The van der Waals surface area contributed by atoms with E-state index in [1.54, 1.807) is 0 Å². The van der Waals surface area contributed by atoms with Crippen molar-refractivity contribution in [3.8, 4) is 0 Å². The summed E-state index contributed by atoms with van der Waals surface area (Å²) in [6.45, 7) is 19.0. The minimum Gasteiger partial charge on any atom is -0.0984 e. The molecular formula is C17H24. The van der Waals surface area contributed by atoms with Gasteiger partial charge in [0, 0.05) is 0 Å². The predicted octanol–water partition coefficient (Wildman–Crippen LogP) is 5.39. The third kappa shape index (κ3) is 2.88. The van der Waals surface area contributed by atoms with Crippen molar-refractivity contribution in [1.82, 2.24) is 0 Å². The highest BCUT2D eigenvalue weighted by Crippen LogP contribution is 2.33. The molecule has 0 amide bonds. The number of benzene rings is 1. The Bertz CT molecular complexity index is 428. The average Bonchev–Trinajstić information content (AvgIpc) is 2.25. The summed E-state index contributed by atoms with van der Waals surface area (Å²) in [5.41, 5.74) is 5.34. The van der Waals surface area contributed by atoms with Gasteiger partial charge >= 0.3 is 0 Å². The molecule has 0 heteroatoms. The van der Waals surface area contributed by atoms with Gasteiger partial charge in [-0.1, -0.05) is 72.1 Å². The van der Waals surface area contributed by atoms with Crippen molar-refractivity contribution in [2.75, 3.05) is 0 Å². The van der Waals surface area contributed by atoms with Gasteiger partial charge in [-0.05, 0) is 33.6 Å². The van der Waals surface area contributed by atoms with Crippen LogP contribution in [0, 0.1) is 0 Å². The lowest BCUT2D eigenvalue weighted by atomic mass is 9.79. The zero-order valence-electron chi connectivity index (χ0n) is 11.8. The Morgan fingerprint density at radius 3 is 1.82 bits per heavy atom. The maximum absolute atomic E-state index is 3.89. The lowest BCUT2D eigenvalue weighted by Gasteiger charge is -2.26. The summed E-state index contributed by atoms with van der Waals surface area (Å²) in [6, 6.07) is 4.52. The van der Waals surface area contributed by atoms with Crippen molar-refractivity contribution < 1.29 is 0 Å². The Morgan fingerprint density at radius 1 is 1.00 bits per heavy atom. The molecule has 0 aliphatic heterocycles. The van der Waals surface area contributed by atoms with Crippen molar-refractivity contribution in [2.45, 2.75) is 46.0 Å². The zero-order chi connectivity index (χ0) is 13.2. The van der Waals surface area contributed by atoms with Crippen molar-refractivity contribution in [2.24, 2.45) is 0 Å². The van der Waals surface area contributed by atoms with Crippen LogP contribution in [0.2, 0.25) is 0 Å². The molecule has 0 aliphatic rings. The third-order valence-corrected chi connectivity index (χ3v) is 3.13. The van der Waals surface area contributed by atoms with E-state index >= 15 is 0 Å². The molecule has 0 atom stereocenters. The normalized spacial score (nSPS) is 11.6. The molecule has 0 unspecified atom stereocenters. The third-order valence-electron chi connectivity index (χ3n) is 3.13. The number of hydrogen-bond acceptors (Lipinski definition) is 0. The molecule has 0 nitrogen and oxygen atoms in total. The van der Waals surface area contributed by atoms with Crippen molar-refractivity contribution >= 4 is 12.2 Å². The molecule has 0 aliphatic carbocycles. The highest BCUT2D eigenvalue weighted by atomic mass is 14.2. The largest absolute Gasteiger partial charge is 0.0984 e. The van der Waals surface area contributed by atoms with Crippen LogP contribution in [0.5, 0.6) is 0 Å². The quantitative estimate of drug-likeness (QED) is 0.650. The second kappa shape index (κ2) is 4.91. The molecule has 0 radical (unpaired) electrons. The second-order valence-electron chi connectivity index (χ2n) is 5.88. The summed E-state index contributed by atoms with van der Waals surface area (Å²) in [4.78, 5) is 0. The van der Waals surface area contributed by atoms with Gasteiger partial charge in [0.1, 0.15) is 0 Å². The minimum absolute atomic E-state index is 0.164. The molecule has 1 aromatic carbocycles. The van der Waals surface area contributed by atoms with Gasteiger partial charge in [-0.3, -0.25) is 0 Å². The Hall–Kier alpha value is -1.30. The molecule has 0 heterocycles. The van der Waals surface area contributed by atoms with E-state index < -0.39 is 0 Å². The highest BCUT2D eigenvalue weighted by Gasteiger charge is 2.20. The van der Waals surface area contributed by atoms with Crippen LogP contribution in [-0.2, 0) is 5.41 Å². The summed E-state index contributed by atoms with van der Waals surface area (Å²) in [5.74, 6) is 0.529. The summed E-state index contributed by atoms with van der Waals surface area (Å²) >= 11 is 0. The molecule has 0 bridgehead atoms. The fourth-order valence-corrected chi connectivity index (χ4v) is 2.13. The molecule has 1 rings (SSSR count). The van der Waals surface area contributed by atoms with E-state index in [9.17, 15) is 0 Å². The molecule has 0 saturated heterocycles. The summed E-state index contributed by atoms with van der Waals surface area (Å²) in [6.07, 6.45) is 3.83. The van der Waals surface area contributed by atoms with Crippen molar-refractivity contribution in [1.29, 1.82) is 0 Å². The van der Waals surface area contributed by atoms with E-state index in [0.717, 1.165) is 0 Å². The topological polar surface area (TPSA) is 0 Å². The van der Waals surface area contributed by atoms with E-state index in [2.05, 4.69) is 59.9 Å². The van der Waals surface area contributed by atoms with Gasteiger partial charge < -0.3 is 0 Å². The Labute approximate surface area is 106 Å². The maximum atomic E-state index is 3.89. The van der Waals surface area contributed by atoms with Gasteiger partial charge in [0.05, 0.1) is 0 Å². The molecule has 1 aromatic rings. The summed E-state index contributed by atoms with van der Waals surface area (Å²) in [7, 11) is 0. The monoisotopic (exact) mass is 228 g/mol. The highest BCUT2D eigenvalue weighted by molar-refractivity contribution is 5.66. The fraction of sp³-hybridized carbons (Fsp3) is 0.412. The summed E-state index contributed by atoms with van der Waals surface area (Å²) < 4.78 is 0. The van der Waals surface area contributed by atoms with Gasteiger partial charge in [-0.25, -0.2) is 0 Å². The van der Waals surface area contributed by atoms with Crippen molar-refractivity contribution in [3.05, 3.63) is 47.5 Å². The zero-order valence-corrected chi connectivity index (χ0v) is 11.8. The van der Waals surface area contributed by atoms with E-state index in [0.29, 0.717) is 5.92 Å². The van der Waals surface area contributed by atoms with Crippen molar-refractivity contribution in [3.63, 3.8) is 0 Å². The molecule has 0 N–H and O–H groups in total. The van der Waals surface area contributed by atoms with E-state index in [4.69, 9.17) is 0 Å². The van der Waals surface area contributed by atoms with Crippen LogP contribution in [0.4, 0.5) is 0 Å². The van der Waals surface area contributed by atoms with Gasteiger partial charge in [0.15, 0.2) is 0 Å². The van der Waals surface area contributed by atoms with Gasteiger partial charge in [0.2, 0.25) is 0 Å². The average molecular weight is 228 g/mol.